The lowest BCUT2D eigenvalue weighted by Crippen LogP contribution is -2.44. The van der Waals surface area contributed by atoms with E-state index in [1.165, 1.54) is 17.7 Å². The van der Waals surface area contributed by atoms with E-state index in [4.69, 9.17) is 26.4 Å². The maximum atomic E-state index is 13.7. The Balaban J connectivity index is 1.63. The molecule has 34 heavy (non-hydrogen) atoms. The summed E-state index contributed by atoms with van der Waals surface area (Å²) in [5.74, 6) is 1.84. The van der Waals surface area contributed by atoms with E-state index in [1.54, 1.807) is 26.4 Å². The molecule has 0 aromatic heterocycles. The van der Waals surface area contributed by atoms with Crippen molar-refractivity contribution in [3.8, 4) is 17.2 Å². The normalized spacial score (nSPS) is 14.8. The molecule has 0 radical (unpaired) electrons. The second-order valence-electron chi connectivity index (χ2n) is 8.11. The van der Waals surface area contributed by atoms with Gasteiger partial charge in [-0.25, -0.2) is 4.39 Å². The number of thiocarbonyl (C=S) groups is 1. The molecule has 1 heterocycles. The number of hydrogen-bond acceptors (Lipinski definition) is 4. The zero-order chi connectivity index (χ0) is 24.1. The van der Waals surface area contributed by atoms with E-state index in [9.17, 15) is 4.39 Å². The molecule has 1 aliphatic rings. The minimum atomic E-state index is -0.316. The van der Waals surface area contributed by atoms with Crippen LogP contribution >= 0.6 is 12.2 Å². The quantitative estimate of drug-likeness (QED) is 0.433. The van der Waals surface area contributed by atoms with Gasteiger partial charge in [-0.15, -0.1) is 0 Å². The van der Waals surface area contributed by atoms with Crippen LogP contribution in [0.25, 0.3) is 0 Å². The molecule has 1 unspecified atom stereocenters. The van der Waals surface area contributed by atoms with Gasteiger partial charge in [0.25, 0.3) is 0 Å². The fourth-order valence-electron chi connectivity index (χ4n) is 4.21. The minimum absolute atomic E-state index is 0.164. The van der Waals surface area contributed by atoms with Crippen LogP contribution in [-0.2, 0) is 12.8 Å². The first kappa shape index (κ1) is 23.8. The van der Waals surface area contributed by atoms with Crippen LogP contribution in [0, 0.1) is 5.82 Å². The molecule has 0 amide bonds. The van der Waals surface area contributed by atoms with Gasteiger partial charge in [-0.3, -0.25) is 0 Å². The van der Waals surface area contributed by atoms with Gasteiger partial charge < -0.3 is 24.4 Å². The van der Waals surface area contributed by atoms with Gasteiger partial charge in [0, 0.05) is 12.2 Å². The Morgan fingerprint density at radius 2 is 1.79 bits per heavy atom. The minimum Gasteiger partial charge on any atom is -0.493 e. The molecule has 3 aromatic rings. The molecule has 0 fully saturated rings. The molecule has 7 heteroatoms. The first-order valence-corrected chi connectivity index (χ1v) is 11.7. The second-order valence-corrected chi connectivity index (χ2v) is 8.50. The first-order chi connectivity index (χ1) is 16.5. The SMILES string of the molecule is CCc1ccc(OCC2c3cc(OC)c(OC)cc3CCN2C(=S)Nc2cccc(F)c2)cc1. The van der Waals surface area contributed by atoms with E-state index in [2.05, 4.69) is 29.3 Å². The van der Waals surface area contributed by atoms with Gasteiger partial charge in [0.15, 0.2) is 16.6 Å². The van der Waals surface area contributed by atoms with E-state index in [1.807, 2.05) is 24.3 Å². The number of aryl methyl sites for hydroxylation is 1. The third kappa shape index (κ3) is 5.25. The van der Waals surface area contributed by atoms with Crippen molar-refractivity contribution < 1.29 is 18.6 Å². The van der Waals surface area contributed by atoms with Gasteiger partial charge >= 0.3 is 0 Å². The molecular weight excluding hydrogens is 451 g/mol. The number of ether oxygens (including phenoxy) is 3. The summed E-state index contributed by atoms with van der Waals surface area (Å²) < 4.78 is 31.0. The summed E-state index contributed by atoms with van der Waals surface area (Å²) in [5.41, 5.74) is 4.10. The van der Waals surface area contributed by atoms with Gasteiger partial charge in [0.2, 0.25) is 0 Å². The summed E-state index contributed by atoms with van der Waals surface area (Å²) in [6.07, 6.45) is 1.76. The number of methoxy groups -OCH3 is 2. The molecule has 178 valence electrons. The summed E-state index contributed by atoms with van der Waals surface area (Å²) in [6, 6.07) is 18.3. The fourth-order valence-corrected chi connectivity index (χ4v) is 4.55. The third-order valence-electron chi connectivity index (χ3n) is 6.08. The van der Waals surface area contributed by atoms with Gasteiger partial charge in [-0.1, -0.05) is 25.1 Å². The summed E-state index contributed by atoms with van der Waals surface area (Å²) in [6.45, 7) is 3.20. The van der Waals surface area contributed by atoms with Crippen molar-refractivity contribution in [2.24, 2.45) is 0 Å². The molecule has 1 N–H and O–H groups in total. The molecule has 0 aliphatic carbocycles. The molecule has 1 aliphatic heterocycles. The third-order valence-corrected chi connectivity index (χ3v) is 6.42. The molecule has 0 saturated heterocycles. The number of nitrogens with one attached hydrogen (secondary N) is 1. The number of anilines is 1. The Labute approximate surface area is 205 Å². The average molecular weight is 481 g/mol. The smallest absolute Gasteiger partial charge is 0.174 e. The Morgan fingerprint density at radius 1 is 1.06 bits per heavy atom. The number of benzene rings is 3. The van der Waals surface area contributed by atoms with E-state index in [0.29, 0.717) is 35.5 Å². The highest BCUT2D eigenvalue weighted by molar-refractivity contribution is 7.80. The molecule has 3 aromatic carbocycles. The standard InChI is InChI=1S/C27H29FN2O3S/c1-4-18-8-10-22(11-9-18)33-17-24-23-16-26(32-3)25(31-2)14-19(23)12-13-30(24)27(34)29-21-7-5-6-20(28)15-21/h5-11,14-16,24H,4,12-13,17H2,1-3H3,(H,29,34). The molecule has 0 bridgehead atoms. The fraction of sp³-hybridized carbons (Fsp3) is 0.296. The monoisotopic (exact) mass is 480 g/mol. The number of halogens is 1. The van der Waals surface area contributed by atoms with Crippen molar-refractivity contribution in [2.45, 2.75) is 25.8 Å². The lowest BCUT2D eigenvalue weighted by Gasteiger charge is -2.39. The van der Waals surface area contributed by atoms with Crippen LogP contribution in [0.15, 0.2) is 60.7 Å². The van der Waals surface area contributed by atoms with Gasteiger partial charge in [0.05, 0.1) is 20.3 Å². The first-order valence-electron chi connectivity index (χ1n) is 11.3. The van der Waals surface area contributed by atoms with Gasteiger partial charge in [0.1, 0.15) is 18.2 Å². The van der Waals surface area contributed by atoms with Gasteiger partial charge in [-0.2, -0.15) is 0 Å². The van der Waals surface area contributed by atoms with E-state index < -0.39 is 0 Å². The predicted molar refractivity (Wildman–Crippen MR) is 137 cm³/mol. The van der Waals surface area contributed by atoms with Crippen LogP contribution in [0.1, 0.15) is 29.7 Å². The van der Waals surface area contributed by atoms with Crippen molar-refractivity contribution >= 4 is 23.0 Å². The molecule has 5 nitrogen and oxygen atoms in total. The maximum absolute atomic E-state index is 13.7. The van der Waals surface area contributed by atoms with Crippen LogP contribution in [0.2, 0.25) is 0 Å². The van der Waals surface area contributed by atoms with Crippen molar-refractivity contribution in [1.82, 2.24) is 4.90 Å². The molecular formula is C27H29FN2O3S. The van der Waals surface area contributed by atoms with Gasteiger partial charge in [-0.05, 0) is 84.2 Å². The second kappa shape index (κ2) is 10.7. The van der Waals surface area contributed by atoms with Crippen molar-refractivity contribution in [1.29, 1.82) is 0 Å². The van der Waals surface area contributed by atoms with Crippen LogP contribution in [0.5, 0.6) is 17.2 Å². The molecule has 0 saturated carbocycles. The summed E-state index contributed by atoms with van der Waals surface area (Å²) in [5, 5.41) is 3.70. The summed E-state index contributed by atoms with van der Waals surface area (Å²) in [4.78, 5) is 2.09. The summed E-state index contributed by atoms with van der Waals surface area (Å²) >= 11 is 5.76. The van der Waals surface area contributed by atoms with Crippen LogP contribution in [-0.4, -0.2) is 37.4 Å². The number of rotatable bonds is 7. The van der Waals surface area contributed by atoms with Crippen molar-refractivity contribution in [2.75, 3.05) is 32.7 Å². The van der Waals surface area contributed by atoms with Crippen LogP contribution < -0.4 is 19.5 Å². The highest BCUT2D eigenvalue weighted by Gasteiger charge is 2.31. The van der Waals surface area contributed by atoms with Crippen LogP contribution in [0.4, 0.5) is 10.1 Å². The zero-order valence-electron chi connectivity index (χ0n) is 19.6. The van der Waals surface area contributed by atoms with E-state index >= 15 is 0 Å². The number of nitrogens with zero attached hydrogens (tertiary/aromatic N) is 1. The largest absolute Gasteiger partial charge is 0.493 e. The topological polar surface area (TPSA) is 43.0 Å². The number of hydrogen-bond donors (Lipinski definition) is 1. The average Bonchev–Trinajstić information content (AvgIpc) is 2.86. The predicted octanol–water partition coefficient (Wildman–Crippen LogP) is 5.78. The maximum Gasteiger partial charge on any atom is 0.174 e. The Bertz CT molecular complexity index is 1150. The number of fused-ring (bicyclic) bond motifs is 1. The van der Waals surface area contributed by atoms with E-state index in [-0.39, 0.29) is 11.9 Å². The molecule has 0 spiro atoms. The Hall–Kier alpha value is -3.32. The highest BCUT2D eigenvalue weighted by Crippen LogP contribution is 2.38. The van der Waals surface area contributed by atoms with Crippen molar-refractivity contribution in [3.05, 3.63) is 83.2 Å². The lowest BCUT2D eigenvalue weighted by atomic mass is 9.92. The molecule has 4 rings (SSSR count). The van der Waals surface area contributed by atoms with Crippen molar-refractivity contribution in [3.63, 3.8) is 0 Å². The Kier molecular flexibility index (Phi) is 7.53. The van der Waals surface area contributed by atoms with Crippen LogP contribution in [0.3, 0.4) is 0 Å². The van der Waals surface area contributed by atoms with E-state index in [0.717, 1.165) is 29.7 Å². The zero-order valence-corrected chi connectivity index (χ0v) is 20.5. The lowest BCUT2D eigenvalue weighted by molar-refractivity contribution is 0.190. The molecule has 1 atom stereocenters. The highest BCUT2D eigenvalue weighted by atomic mass is 32.1. The Morgan fingerprint density at radius 3 is 2.47 bits per heavy atom. The summed E-state index contributed by atoms with van der Waals surface area (Å²) in [7, 11) is 3.26.